The number of hydrogen-bond acceptors (Lipinski definition) is 5. The van der Waals surface area contributed by atoms with E-state index in [-0.39, 0.29) is 0 Å². The highest BCUT2D eigenvalue weighted by atomic mass is 32.1. The largest absolute Gasteiger partial charge is 0.464 e. The molecule has 0 bridgehead atoms. The Labute approximate surface area is 84.3 Å². The zero-order chi connectivity index (χ0) is 10.1. The minimum Gasteiger partial charge on any atom is -0.464 e. The smallest absolute Gasteiger partial charge is 0.367 e. The lowest BCUT2D eigenvalue weighted by Crippen LogP contribution is -1.99. The van der Waals surface area contributed by atoms with Crippen LogP contribution in [0.3, 0.4) is 0 Å². The van der Waals surface area contributed by atoms with Gasteiger partial charge in [-0.3, -0.25) is 0 Å². The molecule has 0 atom stereocenters. The molecule has 0 unspecified atom stereocenters. The number of thiazole rings is 1. The number of nitrogens with two attached hydrogens (primary N) is 1. The van der Waals surface area contributed by atoms with E-state index in [0.29, 0.717) is 16.2 Å². The minimum atomic E-state index is -0.425. The fourth-order valence-electron chi connectivity index (χ4n) is 1.14. The molecule has 0 aliphatic carbocycles. The van der Waals surface area contributed by atoms with Crippen molar-refractivity contribution >= 4 is 33.2 Å². The molecule has 72 valence electrons. The van der Waals surface area contributed by atoms with E-state index >= 15 is 0 Å². The van der Waals surface area contributed by atoms with Gasteiger partial charge in [-0.15, -0.1) is 11.3 Å². The van der Waals surface area contributed by atoms with Crippen LogP contribution < -0.4 is 5.73 Å². The molecular weight excluding hydrogens is 200 g/mol. The molecule has 2 rings (SSSR count). The van der Waals surface area contributed by atoms with Crippen LogP contribution in [0.15, 0.2) is 18.2 Å². The molecular formula is C9H8N2O2S. The number of fused-ring (bicyclic) bond motifs is 1. The van der Waals surface area contributed by atoms with Gasteiger partial charge in [-0.2, -0.15) is 0 Å². The maximum absolute atomic E-state index is 11.2. The summed E-state index contributed by atoms with van der Waals surface area (Å²) >= 11 is 1.28. The fourth-order valence-corrected chi connectivity index (χ4v) is 2.06. The van der Waals surface area contributed by atoms with Crippen molar-refractivity contribution in [2.75, 3.05) is 12.8 Å². The Morgan fingerprint density at radius 1 is 1.57 bits per heavy atom. The van der Waals surface area contributed by atoms with Gasteiger partial charge >= 0.3 is 5.97 Å². The van der Waals surface area contributed by atoms with Crippen LogP contribution in [0.1, 0.15) is 9.80 Å². The first-order chi connectivity index (χ1) is 6.72. The molecule has 2 N–H and O–H groups in total. The summed E-state index contributed by atoms with van der Waals surface area (Å²) in [7, 11) is 1.33. The number of aromatic nitrogens is 1. The number of anilines is 1. The highest BCUT2D eigenvalue weighted by Gasteiger charge is 2.12. The van der Waals surface area contributed by atoms with E-state index < -0.39 is 5.97 Å². The van der Waals surface area contributed by atoms with Crippen LogP contribution in [0.25, 0.3) is 10.2 Å². The number of carbonyl (C=O) groups is 1. The molecule has 1 aromatic heterocycles. The number of rotatable bonds is 1. The van der Waals surface area contributed by atoms with Crippen LogP contribution in [-0.4, -0.2) is 18.1 Å². The number of benzene rings is 1. The van der Waals surface area contributed by atoms with Gasteiger partial charge in [0.05, 0.1) is 17.5 Å². The second kappa shape index (κ2) is 3.26. The molecule has 0 spiro atoms. The Kier molecular flexibility index (Phi) is 2.09. The summed E-state index contributed by atoms with van der Waals surface area (Å²) in [6.45, 7) is 0. The summed E-state index contributed by atoms with van der Waals surface area (Å²) in [4.78, 5) is 15.3. The van der Waals surface area contributed by atoms with Gasteiger partial charge in [-0.25, -0.2) is 9.78 Å². The maximum Gasteiger partial charge on any atom is 0.367 e. The SMILES string of the molecule is COC(=O)c1nc2c(N)cccc2s1. The van der Waals surface area contributed by atoms with Crippen molar-refractivity contribution in [3.63, 3.8) is 0 Å². The molecule has 0 saturated carbocycles. The Morgan fingerprint density at radius 2 is 2.36 bits per heavy atom. The summed E-state index contributed by atoms with van der Waals surface area (Å²) in [5.74, 6) is -0.425. The van der Waals surface area contributed by atoms with Crippen molar-refractivity contribution < 1.29 is 9.53 Å². The highest BCUT2D eigenvalue weighted by molar-refractivity contribution is 7.20. The van der Waals surface area contributed by atoms with Crippen LogP contribution in [0.2, 0.25) is 0 Å². The molecule has 1 heterocycles. The van der Waals surface area contributed by atoms with Crippen LogP contribution in [0.5, 0.6) is 0 Å². The zero-order valence-electron chi connectivity index (χ0n) is 7.48. The highest BCUT2D eigenvalue weighted by Crippen LogP contribution is 2.26. The lowest BCUT2D eigenvalue weighted by molar-refractivity contribution is 0.0600. The number of ether oxygens (including phenoxy) is 1. The van der Waals surface area contributed by atoms with Crippen LogP contribution in [0, 0.1) is 0 Å². The number of nitrogens with zero attached hydrogens (tertiary/aromatic N) is 1. The van der Waals surface area contributed by atoms with Crippen molar-refractivity contribution in [3.05, 3.63) is 23.2 Å². The molecule has 2 aromatic rings. The fraction of sp³-hybridized carbons (Fsp3) is 0.111. The van der Waals surface area contributed by atoms with E-state index in [4.69, 9.17) is 5.73 Å². The standard InChI is InChI=1S/C9H8N2O2S/c1-13-9(12)8-11-7-5(10)3-2-4-6(7)14-8/h2-4H,10H2,1H3. The summed E-state index contributed by atoms with van der Waals surface area (Å²) in [5.41, 5.74) is 6.95. The third-order valence-corrected chi connectivity index (χ3v) is 2.81. The predicted molar refractivity (Wildman–Crippen MR) is 55.4 cm³/mol. The maximum atomic E-state index is 11.2. The average Bonchev–Trinajstić information content (AvgIpc) is 2.62. The van der Waals surface area contributed by atoms with Gasteiger partial charge in [0.2, 0.25) is 5.01 Å². The van der Waals surface area contributed by atoms with Gasteiger partial charge in [0.15, 0.2) is 0 Å². The third kappa shape index (κ3) is 1.31. The third-order valence-electron chi connectivity index (χ3n) is 1.81. The Bertz CT molecular complexity index is 493. The second-order valence-corrected chi connectivity index (χ2v) is 3.74. The summed E-state index contributed by atoms with van der Waals surface area (Å²) < 4.78 is 5.47. The number of methoxy groups -OCH3 is 1. The van der Waals surface area contributed by atoms with Crippen molar-refractivity contribution in [2.45, 2.75) is 0 Å². The normalized spacial score (nSPS) is 10.4. The minimum absolute atomic E-state index is 0.334. The molecule has 1 aromatic carbocycles. The molecule has 0 fully saturated rings. The lowest BCUT2D eigenvalue weighted by Gasteiger charge is -1.91. The molecule has 14 heavy (non-hydrogen) atoms. The molecule has 0 radical (unpaired) electrons. The zero-order valence-corrected chi connectivity index (χ0v) is 8.30. The van der Waals surface area contributed by atoms with E-state index in [9.17, 15) is 4.79 Å². The Morgan fingerprint density at radius 3 is 3.00 bits per heavy atom. The number of esters is 1. The molecule has 4 nitrogen and oxygen atoms in total. The monoisotopic (exact) mass is 208 g/mol. The van der Waals surface area contributed by atoms with E-state index in [1.54, 1.807) is 6.07 Å². The Hall–Kier alpha value is -1.62. The van der Waals surface area contributed by atoms with E-state index in [0.717, 1.165) is 4.70 Å². The predicted octanol–water partition coefficient (Wildman–Crippen LogP) is 1.67. The molecule has 0 amide bonds. The van der Waals surface area contributed by atoms with E-state index in [1.165, 1.54) is 18.4 Å². The molecule has 0 aliphatic rings. The first kappa shape index (κ1) is 8.96. The lowest BCUT2D eigenvalue weighted by atomic mass is 10.3. The first-order valence-corrected chi connectivity index (χ1v) is 4.77. The number of carbonyl (C=O) groups excluding carboxylic acids is 1. The number of hydrogen-bond donors (Lipinski definition) is 1. The van der Waals surface area contributed by atoms with Gasteiger partial charge in [-0.05, 0) is 12.1 Å². The van der Waals surface area contributed by atoms with Gasteiger partial charge < -0.3 is 10.5 Å². The molecule has 0 aliphatic heterocycles. The van der Waals surface area contributed by atoms with Crippen LogP contribution in [0.4, 0.5) is 5.69 Å². The van der Waals surface area contributed by atoms with Crippen molar-refractivity contribution in [2.24, 2.45) is 0 Å². The average molecular weight is 208 g/mol. The summed E-state index contributed by atoms with van der Waals surface area (Å²) in [5, 5.41) is 0.334. The van der Waals surface area contributed by atoms with Crippen LogP contribution >= 0.6 is 11.3 Å². The molecule has 5 heteroatoms. The number of nitrogen functional groups attached to an aromatic ring is 1. The van der Waals surface area contributed by atoms with Crippen LogP contribution in [-0.2, 0) is 4.74 Å². The molecule has 0 saturated heterocycles. The summed E-state index contributed by atoms with van der Waals surface area (Å²) in [6, 6.07) is 5.45. The van der Waals surface area contributed by atoms with Gasteiger partial charge in [0, 0.05) is 0 Å². The van der Waals surface area contributed by atoms with Crippen molar-refractivity contribution in [1.29, 1.82) is 0 Å². The summed E-state index contributed by atoms with van der Waals surface area (Å²) in [6.07, 6.45) is 0. The van der Waals surface area contributed by atoms with E-state index in [2.05, 4.69) is 9.72 Å². The van der Waals surface area contributed by atoms with Crippen molar-refractivity contribution in [3.8, 4) is 0 Å². The number of para-hydroxylation sites is 1. The second-order valence-electron chi connectivity index (χ2n) is 2.70. The van der Waals surface area contributed by atoms with Crippen molar-refractivity contribution in [1.82, 2.24) is 4.98 Å². The Balaban J connectivity index is 2.62. The van der Waals surface area contributed by atoms with E-state index in [1.807, 2.05) is 12.1 Å². The van der Waals surface area contributed by atoms with Gasteiger partial charge in [-0.1, -0.05) is 6.07 Å². The van der Waals surface area contributed by atoms with Gasteiger partial charge in [0.25, 0.3) is 0 Å². The first-order valence-electron chi connectivity index (χ1n) is 3.95. The quantitative estimate of drug-likeness (QED) is 0.571. The topological polar surface area (TPSA) is 65.2 Å². The van der Waals surface area contributed by atoms with Gasteiger partial charge in [0.1, 0.15) is 5.52 Å².